The summed E-state index contributed by atoms with van der Waals surface area (Å²) in [5, 5.41) is 20.5. The molecule has 4 aliphatic heterocycles. The highest BCUT2D eigenvalue weighted by Gasteiger charge is 2.46. The zero-order valence-corrected chi connectivity index (χ0v) is 33.7. The van der Waals surface area contributed by atoms with Crippen LogP contribution in [0.25, 0.3) is 0 Å². The van der Waals surface area contributed by atoms with Gasteiger partial charge in [0.25, 0.3) is 17.7 Å². The molecule has 3 N–H and O–H groups in total. The van der Waals surface area contributed by atoms with E-state index < -0.39 is 41.4 Å². The highest BCUT2D eigenvalue weighted by molar-refractivity contribution is 6.31. The molecule has 2 saturated carbocycles. The maximum Gasteiger partial charge on any atom is 0.269 e. The molecule has 312 valence electrons. The number of nitriles is 1. The average Bonchev–Trinajstić information content (AvgIpc) is 3.88. The number of hydrogen-bond donors (Lipinski definition) is 2. The Morgan fingerprint density at radius 2 is 1.62 bits per heavy atom. The summed E-state index contributed by atoms with van der Waals surface area (Å²) in [6.45, 7) is 5.26. The van der Waals surface area contributed by atoms with Crippen molar-refractivity contribution in [1.29, 1.82) is 5.26 Å². The Bertz CT molecular complexity index is 2310. The molecule has 4 atom stereocenters. The fourth-order valence-corrected chi connectivity index (χ4v) is 10.6. The van der Waals surface area contributed by atoms with Gasteiger partial charge in [-0.25, -0.2) is 4.39 Å². The van der Waals surface area contributed by atoms with E-state index in [0.717, 1.165) is 93.6 Å². The van der Waals surface area contributed by atoms with Crippen LogP contribution in [0.5, 0.6) is 5.75 Å². The second-order valence-electron chi connectivity index (χ2n) is 17.1. The predicted molar refractivity (Wildman–Crippen MR) is 216 cm³/mol. The number of carbonyl (C=O) groups excluding carboxylic acids is 5. The molecule has 0 bridgehead atoms. The molecule has 5 heterocycles. The lowest BCUT2D eigenvalue weighted by Crippen LogP contribution is -2.54. The summed E-state index contributed by atoms with van der Waals surface area (Å²) in [5.41, 5.74) is 7.52. The summed E-state index contributed by atoms with van der Waals surface area (Å²) < 4.78 is 21.7. The van der Waals surface area contributed by atoms with Crippen LogP contribution >= 0.6 is 11.6 Å². The highest BCUT2D eigenvalue weighted by Crippen LogP contribution is 2.44. The molecule has 3 saturated heterocycles. The van der Waals surface area contributed by atoms with Gasteiger partial charge in [-0.15, -0.1) is 10.2 Å². The van der Waals surface area contributed by atoms with Crippen molar-refractivity contribution in [3.05, 3.63) is 75.2 Å². The number of rotatable bonds is 9. The van der Waals surface area contributed by atoms with E-state index in [2.05, 4.69) is 31.4 Å². The lowest BCUT2D eigenvalue weighted by molar-refractivity contribution is -0.136. The summed E-state index contributed by atoms with van der Waals surface area (Å²) in [6.07, 6.45) is 5.39. The fraction of sp³-hybridized carbons (Fsp3) is 0.488. The van der Waals surface area contributed by atoms with Gasteiger partial charge in [0, 0.05) is 58.3 Å². The number of ether oxygens (including phenoxy) is 1. The lowest BCUT2D eigenvalue weighted by Gasteiger charge is -2.37. The molecule has 60 heavy (non-hydrogen) atoms. The number of nitrogens with one attached hydrogen (secondary N) is 1. The van der Waals surface area contributed by atoms with Gasteiger partial charge < -0.3 is 20.3 Å². The summed E-state index contributed by atoms with van der Waals surface area (Å²) in [6, 6.07) is 10.6. The number of piperidine rings is 1. The Morgan fingerprint density at radius 3 is 2.27 bits per heavy atom. The molecule has 2 aromatic carbocycles. The normalized spacial score (nSPS) is 26.9. The third-order valence-electron chi connectivity index (χ3n) is 13.4. The number of imide groups is 2. The first-order valence-electron chi connectivity index (χ1n) is 20.7. The van der Waals surface area contributed by atoms with Gasteiger partial charge in [0.1, 0.15) is 23.7 Å². The summed E-state index contributed by atoms with van der Waals surface area (Å²) >= 11 is 6.21. The van der Waals surface area contributed by atoms with E-state index in [-0.39, 0.29) is 47.4 Å². The van der Waals surface area contributed by atoms with E-state index in [4.69, 9.17) is 22.1 Å². The van der Waals surface area contributed by atoms with Gasteiger partial charge in [-0.3, -0.25) is 39.1 Å². The van der Waals surface area contributed by atoms with Gasteiger partial charge in [0.15, 0.2) is 11.5 Å². The Labute approximate surface area is 350 Å². The van der Waals surface area contributed by atoms with Crippen LogP contribution in [0.2, 0.25) is 5.02 Å². The lowest BCUT2D eigenvalue weighted by atomic mass is 9.82. The Morgan fingerprint density at radius 1 is 0.917 bits per heavy atom. The number of primary amides is 1. The van der Waals surface area contributed by atoms with Crippen LogP contribution in [0.15, 0.2) is 36.4 Å². The standard InChI is InChI=1S/C43H45ClFN9O6/c44-33-15-29(6-3-25(33)19-46)60-28-4-1-24(2-5-28)30-18-37(49-50-39(30)40(47)56)53-21-26-13-23(14-27(26)22-53)20-51-9-11-52(12-10-51)36-17-32-31(16-34(36)45)42(58)54(43(32)59)35-7-8-38(55)48-41(35)57/h3,6,15-18,23-24,26-28,35H,1-2,4-5,7-14,20-22H2,(H2,47,56)(H,48,55,57)/t23?,24?,26-,27+,28?,35?. The third kappa shape index (κ3) is 7.53. The molecule has 15 nitrogen and oxygen atoms in total. The molecule has 0 spiro atoms. The largest absolute Gasteiger partial charge is 0.490 e. The molecular weight excluding hydrogens is 793 g/mol. The Kier molecular flexibility index (Phi) is 10.7. The fourth-order valence-electron chi connectivity index (χ4n) is 10.4. The van der Waals surface area contributed by atoms with E-state index in [1.807, 2.05) is 11.0 Å². The van der Waals surface area contributed by atoms with Crippen LogP contribution in [-0.4, -0.2) is 107 Å². The van der Waals surface area contributed by atoms with Crippen molar-refractivity contribution < 1.29 is 33.1 Å². The quantitative estimate of drug-likeness (QED) is 0.295. The van der Waals surface area contributed by atoms with E-state index in [0.29, 0.717) is 47.2 Å². The number of aromatic nitrogens is 2. The van der Waals surface area contributed by atoms with Gasteiger partial charge in [0.2, 0.25) is 11.8 Å². The maximum atomic E-state index is 15.5. The van der Waals surface area contributed by atoms with E-state index >= 15 is 4.39 Å². The predicted octanol–water partition coefficient (Wildman–Crippen LogP) is 4.03. The minimum Gasteiger partial charge on any atom is -0.490 e. The van der Waals surface area contributed by atoms with Crippen molar-refractivity contribution in [3.8, 4) is 11.8 Å². The van der Waals surface area contributed by atoms with Crippen molar-refractivity contribution in [2.24, 2.45) is 23.5 Å². The first-order valence-corrected chi connectivity index (χ1v) is 21.1. The second-order valence-corrected chi connectivity index (χ2v) is 17.5. The zero-order valence-electron chi connectivity index (χ0n) is 32.9. The molecule has 3 aromatic rings. The first-order chi connectivity index (χ1) is 28.9. The van der Waals surface area contributed by atoms with Crippen molar-refractivity contribution in [3.63, 3.8) is 0 Å². The minimum absolute atomic E-state index is 0.0130. The molecule has 0 radical (unpaired) electrons. The van der Waals surface area contributed by atoms with Crippen molar-refractivity contribution >= 4 is 52.6 Å². The molecule has 5 fully saturated rings. The van der Waals surface area contributed by atoms with Gasteiger partial charge >= 0.3 is 0 Å². The number of piperazine rings is 1. The van der Waals surface area contributed by atoms with Gasteiger partial charge in [-0.05, 0) is 105 Å². The SMILES string of the molecule is N#Cc1ccc(OC2CCC(c3cc(N4C[C@H]5CC(CN6CCN(c7cc8c(cc7F)C(=O)N(C7CCC(=O)NC7=O)C8=O)CC6)C[C@H]5C4)nnc3C(N)=O)CC2)cc1Cl. The molecule has 2 aliphatic carbocycles. The number of amides is 5. The summed E-state index contributed by atoms with van der Waals surface area (Å²) in [7, 11) is 0. The minimum atomic E-state index is -1.10. The van der Waals surface area contributed by atoms with Crippen LogP contribution < -0.4 is 25.6 Å². The maximum absolute atomic E-state index is 15.5. The van der Waals surface area contributed by atoms with Crippen molar-refractivity contribution in [2.75, 3.05) is 55.6 Å². The number of nitrogens with two attached hydrogens (primary N) is 1. The number of benzene rings is 2. The molecule has 5 amide bonds. The van der Waals surface area contributed by atoms with Crippen LogP contribution in [0, 0.1) is 34.9 Å². The Hall–Kier alpha value is -5.66. The molecule has 2 unspecified atom stereocenters. The van der Waals surface area contributed by atoms with Crippen molar-refractivity contribution in [1.82, 2.24) is 25.3 Å². The molecule has 9 rings (SSSR count). The van der Waals surface area contributed by atoms with Gasteiger partial charge in [-0.2, -0.15) is 5.26 Å². The van der Waals surface area contributed by atoms with Crippen molar-refractivity contribution in [2.45, 2.75) is 69.4 Å². The second kappa shape index (κ2) is 16.1. The molecule has 6 aliphatic rings. The smallest absolute Gasteiger partial charge is 0.269 e. The summed E-state index contributed by atoms with van der Waals surface area (Å²) in [4.78, 5) is 70.5. The number of hydrogen-bond acceptors (Lipinski definition) is 12. The number of halogens is 2. The van der Waals surface area contributed by atoms with Gasteiger partial charge in [-0.1, -0.05) is 11.6 Å². The monoisotopic (exact) mass is 837 g/mol. The summed E-state index contributed by atoms with van der Waals surface area (Å²) in [5.74, 6) is -0.646. The molecular formula is C43H45ClFN9O6. The molecule has 1 aromatic heterocycles. The number of carbonyl (C=O) groups is 5. The average molecular weight is 838 g/mol. The van der Waals surface area contributed by atoms with Gasteiger partial charge in [0.05, 0.1) is 33.5 Å². The van der Waals surface area contributed by atoms with E-state index in [1.54, 1.807) is 18.2 Å². The Balaban J connectivity index is 0.770. The molecule has 17 heteroatoms. The van der Waals surface area contributed by atoms with Crippen LogP contribution in [0.1, 0.15) is 99.6 Å². The van der Waals surface area contributed by atoms with Crippen LogP contribution in [0.3, 0.4) is 0 Å². The zero-order chi connectivity index (χ0) is 41.8. The number of nitrogens with zero attached hydrogens (tertiary/aromatic N) is 7. The number of fused-ring (bicyclic) bond motifs is 2. The van der Waals surface area contributed by atoms with E-state index in [1.165, 1.54) is 6.07 Å². The first kappa shape index (κ1) is 39.8. The van der Waals surface area contributed by atoms with Crippen LogP contribution in [-0.2, 0) is 9.59 Å². The highest BCUT2D eigenvalue weighted by atomic mass is 35.5. The number of anilines is 2. The third-order valence-corrected chi connectivity index (χ3v) is 13.7. The topological polar surface area (TPSA) is 195 Å². The van der Waals surface area contributed by atoms with Crippen LogP contribution in [0.4, 0.5) is 15.9 Å². The van der Waals surface area contributed by atoms with E-state index in [9.17, 15) is 29.2 Å².